The Morgan fingerprint density at radius 3 is 2.60 bits per heavy atom. The van der Waals surface area contributed by atoms with Crippen LogP contribution >= 0.6 is 15.9 Å². The molecule has 3 nitrogen and oxygen atoms in total. The summed E-state index contributed by atoms with van der Waals surface area (Å²) in [7, 11) is 0. The van der Waals surface area contributed by atoms with Gasteiger partial charge < -0.3 is 0 Å². The molecule has 0 bridgehead atoms. The Morgan fingerprint density at radius 2 is 2.00 bits per heavy atom. The molecule has 0 aliphatic rings. The lowest BCUT2D eigenvalue weighted by Gasteiger charge is -2.04. The van der Waals surface area contributed by atoms with Gasteiger partial charge >= 0.3 is 0 Å². The third-order valence-electron chi connectivity index (χ3n) is 1.92. The van der Waals surface area contributed by atoms with Gasteiger partial charge in [-0.1, -0.05) is 0 Å². The fraction of sp³-hybridized carbons (Fsp3) is 0. The molecule has 0 amide bonds. The minimum atomic E-state index is -0.312. The summed E-state index contributed by atoms with van der Waals surface area (Å²) in [5.74, 6) is -0.312. The highest BCUT2D eigenvalue weighted by Gasteiger charge is 2.08. The molecule has 5 heteroatoms. The van der Waals surface area contributed by atoms with E-state index in [1.165, 1.54) is 18.3 Å². The molecule has 0 saturated heterocycles. The number of rotatable bonds is 1. The molecule has 1 aromatic carbocycles. The molecule has 2 aromatic rings. The van der Waals surface area contributed by atoms with E-state index < -0.39 is 0 Å². The molecule has 1 heterocycles. The van der Waals surface area contributed by atoms with Crippen molar-refractivity contribution in [3.05, 3.63) is 46.7 Å². The van der Waals surface area contributed by atoms with Gasteiger partial charge in [0, 0.05) is 5.69 Å². The van der Waals surface area contributed by atoms with Gasteiger partial charge in [0.05, 0.1) is 6.20 Å². The molecular weight excluding hydrogens is 261 g/mol. The zero-order chi connectivity index (χ0) is 10.8. The summed E-state index contributed by atoms with van der Waals surface area (Å²) in [5, 5.41) is 8.84. The summed E-state index contributed by atoms with van der Waals surface area (Å²) in [6, 6.07) is 7.85. The first-order valence-electron chi connectivity index (χ1n) is 4.11. The Morgan fingerprint density at radius 1 is 1.33 bits per heavy atom. The summed E-state index contributed by atoms with van der Waals surface area (Å²) in [6.07, 6.45) is 1.45. The fourth-order valence-electron chi connectivity index (χ4n) is 1.24. The topological polar surface area (TPSA) is 41.6 Å². The van der Waals surface area contributed by atoms with Gasteiger partial charge in [-0.15, -0.1) is 0 Å². The Kier molecular flexibility index (Phi) is 2.52. The Bertz CT molecular complexity index is 525. The first-order valence-corrected chi connectivity index (χ1v) is 4.91. The second-order valence-corrected chi connectivity index (χ2v) is 3.55. The fourth-order valence-corrected chi connectivity index (χ4v) is 1.74. The Labute approximate surface area is 93.9 Å². The molecule has 0 spiro atoms. The van der Waals surface area contributed by atoms with Crippen LogP contribution in [-0.2, 0) is 0 Å². The summed E-state index contributed by atoms with van der Waals surface area (Å²) in [5.41, 5.74) is 1.09. The van der Waals surface area contributed by atoms with Gasteiger partial charge in [-0.25, -0.2) is 9.37 Å². The van der Waals surface area contributed by atoms with E-state index >= 15 is 0 Å². The van der Waals surface area contributed by atoms with Gasteiger partial charge in [-0.3, -0.25) is 4.57 Å². The molecule has 0 radical (unpaired) electrons. The van der Waals surface area contributed by atoms with E-state index in [-0.39, 0.29) is 5.82 Å². The highest BCUT2D eigenvalue weighted by atomic mass is 79.9. The van der Waals surface area contributed by atoms with Crippen LogP contribution in [0.3, 0.4) is 0 Å². The van der Waals surface area contributed by atoms with Crippen LogP contribution in [-0.4, -0.2) is 9.55 Å². The molecule has 74 valence electrons. The van der Waals surface area contributed by atoms with Crippen molar-refractivity contribution in [2.75, 3.05) is 0 Å². The average Bonchev–Trinajstić information content (AvgIpc) is 2.61. The monoisotopic (exact) mass is 265 g/mol. The van der Waals surface area contributed by atoms with Crippen LogP contribution in [0, 0.1) is 17.1 Å². The Balaban J connectivity index is 2.59. The number of nitrogens with zero attached hydrogens (tertiary/aromatic N) is 3. The molecule has 1 aromatic heterocycles. The molecule has 15 heavy (non-hydrogen) atoms. The van der Waals surface area contributed by atoms with Gasteiger partial charge in [-0.2, -0.15) is 5.26 Å². The van der Waals surface area contributed by atoms with E-state index in [9.17, 15) is 4.39 Å². The van der Waals surface area contributed by atoms with Gasteiger partial charge in [0.15, 0.2) is 4.73 Å². The van der Waals surface area contributed by atoms with Crippen molar-refractivity contribution in [1.82, 2.24) is 9.55 Å². The number of imidazole rings is 1. The quantitative estimate of drug-likeness (QED) is 0.796. The predicted octanol–water partition coefficient (Wildman–Crippen LogP) is 2.65. The van der Waals surface area contributed by atoms with E-state index in [0.29, 0.717) is 16.1 Å². The molecule has 0 atom stereocenters. The number of benzene rings is 1. The summed E-state index contributed by atoms with van der Waals surface area (Å²) in [6.45, 7) is 0. The molecule has 2 rings (SSSR count). The largest absolute Gasteiger partial charge is 0.278 e. The maximum Gasteiger partial charge on any atom is 0.182 e. The standard InChI is InChI=1S/C10H5BrFN3/c11-10-14-6-9(5-13)15(10)8-3-1-7(12)2-4-8/h1-4,6H. The lowest BCUT2D eigenvalue weighted by atomic mass is 10.3. The number of halogens is 2. The van der Waals surface area contributed by atoms with Gasteiger partial charge in [0.25, 0.3) is 0 Å². The lowest BCUT2D eigenvalue weighted by Crippen LogP contribution is -1.97. The normalized spacial score (nSPS) is 9.93. The van der Waals surface area contributed by atoms with E-state index in [4.69, 9.17) is 5.26 Å². The van der Waals surface area contributed by atoms with Gasteiger partial charge in [0.2, 0.25) is 0 Å². The van der Waals surface area contributed by atoms with Crippen molar-refractivity contribution >= 4 is 15.9 Å². The second-order valence-electron chi connectivity index (χ2n) is 2.84. The number of nitriles is 1. The maximum atomic E-state index is 12.7. The van der Waals surface area contributed by atoms with Crippen LogP contribution in [0.2, 0.25) is 0 Å². The summed E-state index contributed by atoms with van der Waals surface area (Å²) >= 11 is 3.22. The minimum Gasteiger partial charge on any atom is -0.278 e. The molecule has 0 unspecified atom stereocenters. The number of hydrogen-bond donors (Lipinski definition) is 0. The first-order chi connectivity index (χ1) is 7.22. The first kappa shape index (κ1) is 9.87. The SMILES string of the molecule is N#Cc1cnc(Br)n1-c1ccc(F)cc1. The van der Waals surface area contributed by atoms with E-state index in [1.54, 1.807) is 16.7 Å². The van der Waals surface area contributed by atoms with Crippen LogP contribution in [0.15, 0.2) is 35.2 Å². The average molecular weight is 266 g/mol. The Hall–Kier alpha value is -1.67. The van der Waals surface area contributed by atoms with Crippen molar-refractivity contribution in [2.24, 2.45) is 0 Å². The summed E-state index contributed by atoms with van der Waals surface area (Å²) < 4.78 is 14.8. The molecule has 0 fully saturated rings. The van der Waals surface area contributed by atoms with E-state index in [0.717, 1.165) is 0 Å². The predicted molar refractivity (Wildman–Crippen MR) is 55.9 cm³/mol. The van der Waals surface area contributed by atoms with Crippen LogP contribution < -0.4 is 0 Å². The maximum absolute atomic E-state index is 12.7. The molecule has 0 N–H and O–H groups in total. The molecular formula is C10H5BrFN3. The molecule has 0 aliphatic carbocycles. The summed E-state index contributed by atoms with van der Waals surface area (Å²) in [4.78, 5) is 3.95. The number of hydrogen-bond acceptors (Lipinski definition) is 2. The van der Waals surface area contributed by atoms with Crippen molar-refractivity contribution < 1.29 is 4.39 Å². The zero-order valence-electron chi connectivity index (χ0n) is 7.48. The molecule has 0 saturated carbocycles. The second kappa shape index (κ2) is 3.83. The smallest absolute Gasteiger partial charge is 0.182 e. The molecule has 0 aliphatic heterocycles. The number of aromatic nitrogens is 2. The minimum absolute atomic E-state index is 0.312. The third-order valence-corrected chi connectivity index (χ3v) is 2.48. The van der Waals surface area contributed by atoms with Crippen LogP contribution in [0.25, 0.3) is 5.69 Å². The van der Waals surface area contributed by atoms with Gasteiger partial charge in [-0.05, 0) is 40.2 Å². The van der Waals surface area contributed by atoms with Crippen molar-refractivity contribution in [1.29, 1.82) is 5.26 Å². The van der Waals surface area contributed by atoms with Crippen LogP contribution in [0.5, 0.6) is 0 Å². The van der Waals surface area contributed by atoms with Gasteiger partial charge in [0.1, 0.15) is 17.6 Å². The van der Waals surface area contributed by atoms with E-state index in [2.05, 4.69) is 20.9 Å². The van der Waals surface area contributed by atoms with Crippen LogP contribution in [0.1, 0.15) is 5.69 Å². The highest BCUT2D eigenvalue weighted by Crippen LogP contribution is 2.18. The van der Waals surface area contributed by atoms with Crippen LogP contribution in [0.4, 0.5) is 4.39 Å². The zero-order valence-corrected chi connectivity index (χ0v) is 9.07. The van der Waals surface area contributed by atoms with Crippen molar-refractivity contribution in [3.63, 3.8) is 0 Å². The van der Waals surface area contributed by atoms with E-state index in [1.807, 2.05) is 6.07 Å². The third kappa shape index (κ3) is 1.76. The highest BCUT2D eigenvalue weighted by molar-refractivity contribution is 9.10. The van der Waals surface area contributed by atoms with Crippen molar-refractivity contribution in [2.45, 2.75) is 0 Å². The lowest BCUT2D eigenvalue weighted by molar-refractivity contribution is 0.627. The van der Waals surface area contributed by atoms with Crippen molar-refractivity contribution in [3.8, 4) is 11.8 Å².